The predicted molar refractivity (Wildman–Crippen MR) is 66.2 cm³/mol. The van der Waals surface area contributed by atoms with Gasteiger partial charge >= 0.3 is 0 Å². The molecule has 0 unspecified atom stereocenters. The highest BCUT2D eigenvalue weighted by molar-refractivity contribution is 7.90. The lowest BCUT2D eigenvalue weighted by Gasteiger charge is -2.06. The molecule has 1 heterocycles. The van der Waals surface area contributed by atoms with E-state index in [9.17, 15) is 8.42 Å². The standard InChI is InChI=1S/C10H17N3O2S/c1-8-7-13-10(6-9(8)11)12-4-3-5-16(2,14)15/h6-7H,3-5H2,1-2H3,(H3,11,12,13). The second kappa shape index (κ2) is 5.16. The second-order valence-corrected chi connectivity index (χ2v) is 6.10. The normalized spacial score (nSPS) is 11.4. The average Bonchev–Trinajstić information content (AvgIpc) is 2.17. The van der Waals surface area contributed by atoms with E-state index in [1.165, 1.54) is 6.26 Å². The van der Waals surface area contributed by atoms with Gasteiger partial charge in [-0.2, -0.15) is 0 Å². The first-order chi connectivity index (χ1) is 7.38. The third kappa shape index (κ3) is 4.48. The zero-order chi connectivity index (χ0) is 12.2. The van der Waals surface area contributed by atoms with E-state index in [4.69, 9.17) is 5.73 Å². The van der Waals surface area contributed by atoms with E-state index in [1.807, 2.05) is 6.92 Å². The van der Waals surface area contributed by atoms with Crippen molar-refractivity contribution in [1.82, 2.24) is 4.98 Å². The molecule has 0 aliphatic heterocycles. The fourth-order valence-corrected chi connectivity index (χ4v) is 1.86. The maximum Gasteiger partial charge on any atom is 0.147 e. The summed E-state index contributed by atoms with van der Waals surface area (Å²) in [6, 6.07) is 1.75. The van der Waals surface area contributed by atoms with Crippen LogP contribution in [0.5, 0.6) is 0 Å². The highest BCUT2D eigenvalue weighted by atomic mass is 32.2. The Kier molecular flexibility index (Phi) is 4.12. The summed E-state index contributed by atoms with van der Waals surface area (Å²) in [5.74, 6) is 0.859. The SMILES string of the molecule is Cc1cnc(NCCCS(C)(=O)=O)cc1N. The molecule has 5 nitrogen and oxygen atoms in total. The largest absolute Gasteiger partial charge is 0.398 e. The minimum Gasteiger partial charge on any atom is -0.398 e. The smallest absolute Gasteiger partial charge is 0.147 e. The van der Waals surface area contributed by atoms with Crippen LogP contribution in [0.1, 0.15) is 12.0 Å². The van der Waals surface area contributed by atoms with Gasteiger partial charge in [0.1, 0.15) is 15.7 Å². The average molecular weight is 243 g/mol. The van der Waals surface area contributed by atoms with Gasteiger partial charge in [-0.25, -0.2) is 13.4 Å². The van der Waals surface area contributed by atoms with E-state index in [2.05, 4.69) is 10.3 Å². The van der Waals surface area contributed by atoms with Crippen LogP contribution in [0, 0.1) is 6.92 Å². The van der Waals surface area contributed by atoms with Crippen molar-refractivity contribution in [2.45, 2.75) is 13.3 Å². The number of nitrogens with zero attached hydrogens (tertiary/aromatic N) is 1. The van der Waals surface area contributed by atoms with E-state index in [0.29, 0.717) is 24.5 Å². The molecule has 90 valence electrons. The van der Waals surface area contributed by atoms with Gasteiger partial charge in [-0.05, 0) is 18.9 Å². The minimum absolute atomic E-state index is 0.182. The van der Waals surface area contributed by atoms with Gasteiger partial charge in [0, 0.05) is 30.8 Å². The Morgan fingerprint density at radius 3 is 2.75 bits per heavy atom. The fourth-order valence-electron chi connectivity index (χ4n) is 1.19. The summed E-state index contributed by atoms with van der Waals surface area (Å²) in [6.45, 7) is 2.46. The van der Waals surface area contributed by atoms with Crippen molar-refractivity contribution in [2.24, 2.45) is 0 Å². The summed E-state index contributed by atoms with van der Waals surface area (Å²) in [4.78, 5) is 4.13. The van der Waals surface area contributed by atoms with Crippen molar-refractivity contribution in [2.75, 3.05) is 29.6 Å². The lowest BCUT2D eigenvalue weighted by molar-refractivity contribution is 0.600. The molecule has 1 rings (SSSR count). The summed E-state index contributed by atoms with van der Waals surface area (Å²) < 4.78 is 21.8. The molecule has 16 heavy (non-hydrogen) atoms. The molecular formula is C10H17N3O2S. The van der Waals surface area contributed by atoms with E-state index >= 15 is 0 Å². The first-order valence-electron chi connectivity index (χ1n) is 5.02. The van der Waals surface area contributed by atoms with Crippen LogP contribution in [0.4, 0.5) is 11.5 Å². The fraction of sp³-hybridized carbons (Fsp3) is 0.500. The molecule has 0 saturated heterocycles. The van der Waals surface area contributed by atoms with E-state index < -0.39 is 9.84 Å². The summed E-state index contributed by atoms with van der Waals surface area (Å²) >= 11 is 0. The molecule has 6 heteroatoms. The number of hydrogen-bond acceptors (Lipinski definition) is 5. The van der Waals surface area contributed by atoms with Gasteiger partial charge in [0.15, 0.2) is 0 Å². The number of anilines is 2. The third-order valence-electron chi connectivity index (χ3n) is 2.14. The van der Waals surface area contributed by atoms with Gasteiger partial charge in [-0.3, -0.25) is 0 Å². The quantitative estimate of drug-likeness (QED) is 0.748. The van der Waals surface area contributed by atoms with Gasteiger partial charge in [-0.15, -0.1) is 0 Å². The van der Waals surface area contributed by atoms with Crippen LogP contribution in [0.15, 0.2) is 12.3 Å². The lowest BCUT2D eigenvalue weighted by atomic mass is 10.2. The van der Waals surface area contributed by atoms with Crippen molar-refractivity contribution in [1.29, 1.82) is 0 Å². The van der Waals surface area contributed by atoms with E-state index in [0.717, 1.165) is 5.56 Å². The monoisotopic (exact) mass is 243 g/mol. The molecule has 0 aliphatic carbocycles. The molecule has 0 aromatic carbocycles. The summed E-state index contributed by atoms with van der Waals surface area (Å²) in [6.07, 6.45) is 3.48. The van der Waals surface area contributed by atoms with E-state index in [-0.39, 0.29) is 5.75 Å². The van der Waals surface area contributed by atoms with Crippen LogP contribution >= 0.6 is 0 Å². The number of pyridine rings is 1. The molecule has 1 aromatic heterocycles. The van der Waals surface area contributed by atoms with Crippen molar-refractivity contribution >= 4 is 21.3 Å². The zero-order valence-electron chi connectivity index (χ0n) is 9.53. The Bertz CT molecular complexity index is 457. The number of nitrogen functional groups attached to an aromatic ring is 1. The van der Waals surface area contributed by atoms with E-state index in [1.54, 1.807) is 12.3 Å². The molecule has 0 saturated carbocycles. The molecule has 1 aromatic rings. The first-order valence-corrected chi connectivity index (χ1v) is 7.08. The van der Waals surface area contributed by atoms with Gasteiger partial charge in [0.2, 0.25) is 0 Å². The highest BCUT2D eigenvalue weighted by Gasteiger charge is 2.02. The molecular weight excluding hydrogens is 226 g/mol. The molecule has 0 atom stereocenters. The van der Waals surface area contributed by atoms with Crippen molar-refractivity contribution < 1.29 is 8.42 Å². The number of nitrogens with two attached hydrogens (primary N) is 1. The molecule has 0 bridgehead atoms. The van der Waals surface area contributed by atoms with Crippen LogP contribution in [0.25, 0.3) is 0 Å². The first kappa shape index (κ1) is 12.8. The highest BCUT2D eigenvalue weighted by Crippen LogP contribution is 2.13. The lowest BCUT2D eigenvalue weighted by Crippen LogP contribution is -2.10. The van der Waals surface area contributed by atoms with Gasteiger partial charge in [0.05, 0.1) is 5.75 Å². The number of rotatable bonds is 5. The second-order valence-electron chi connectivity index (χ2n) is 3.84. The number of sulfone groups is 1. The van der Waals surface area contributed by atoms with Crippen molar-refractivity contribution in [3.63, 3.8) is 0 Å². The van der Waals surface area contributed by atoms with Crippen molar-refractivity contribution in [3.8, 4) is 0 Å². The number of aromatic nitrogens is 1. The molecule has 0 radical (unpaired) electrons. The summed E-state index contributed by atoms with van der Waals surface area (Å²) in [7, 11) is -2.88. The number of hydrogen-bond donors (Lipinski definition) is 2. The Labute approximate surface area is 96.0 Å². The Morgan fingerprint density at radius 1 is 1.50 bits per heavy atom. The molecule has 0 spiro atoms. The molecule has 0 aliphatic rings. The van der Waals surface area contributed by atoms with Crippen LogP contribution in [-0.4, -0.2) is 32.0 Å². The maximum absolute atomic E-state index is 10.9. The van der Waals surface area contributed by atoms with Crippen molar-refractivity contribution in [3.05, 3.63) is 17.8 Å². The van der Waals surface area contributed by atoms with Gasteiger partial charge in [-0.1, -0.05) is 0 Å². The number of aryl methyl sites for hydroxylation is 1. The topological polar surface area (TPSA) is 85.1 Å². The Balaban J connectivity index is 2.41. The van der Waals surface area contributed by atoms with Gasteiger partial charge in [0.25, 0.3) is 0 Å². The molecule has 3 N–H and O–H groups in total. The summed E-state index contributed by atoms with van der Waals surface area (Å²) in [5.41, 5.74) is 7.33. The molecule has 0 fully saturated rings. The predicted octanol–water partition coefficient (Wildman–Crippen LogP) is 0.819. The molecule has 0 amide bonds. The van der Waals surface area contributed by atoms with Crippen LogP contribution in [0.2, 0.25) is 0 Å². The number of nitrogens with one attached hydrogen (secondary N) is 1. The zero-order valence-corrected chi connectivity index (χ0v) is 10.3. The van der Waals surface area contributed by atoms with Crippen LogP contribution in [-0.2, 0) is 9.84 Å². The Hall–Kier alpha value is -1.30. The third-order valence-corrected chi connectivity index (χ3v) is 3.17. The van der Waals surface area contributed by atoms with Crippen LogP contribution in [0.3, 0.4) is 0 Å². The maximum atomic E-state index is 10.9. The van der Waals surface area contributed by atoms with Crippen LogP contribution < -0.4 is 11.1 Å². The summed E-state index contributed by atoms with van der Waals surface area (Å²) in [5, 5.41) is 3.03. The minimum atomic E-state index is -2.88. The van der Waals surface area contributed by atoms with Gasteiger partial charge < -0.3 is 11.1 Å². The Morgan fingerprint density at radius 2 is 2.19 bits per heavy atom.